The molecule has 3 fully saturated rings. The van der Waals surface area contributed by atoms with Crippen molar-refractivity contribution in [2.45, 2.75) is 118 Å². The second kappa shape index (κ2) is 16.8. The largest absolute Gasteiger partial charge is 0.300 e. The van der Waals surface area contributed by atoms with Gasteiger partial charge in [0.05, 0.1) is 0 Å². The van der Waals surface area contributed by atoms with E-state index in [1.54, 1.807) is 0 Å². The summed E-state index contributed by atoms with van der Waals surface area (Å²) in [6.07, 6.45) is 10.2. The highest BCUT2D eigenvalue weighted by atomic mass is 15.2. The molecule has 2 unspecified atom stereocenters. The molecule has 2 heteroatoms. The first-order chi connectivity index (χ1) is 11.3. The number of nitrogens with zero attached hydrogens (tertiary/aromatic N) is 2. The van der Waals surface area contributed by atoms with Crippen LogP contribution in [0.3, 0.4) is 0 Å². The summed E-state index contributed by atoms with van der Waals surface area (Å²) in [6, 6.07) is 2.75. The Balaban J connectivity index is 0. The molecule has 0 aromatic rings. The highest BCUT2D eigenvalue weighted by Crippen LogP contribution is 2.36. The van der Waals surface area contributed by atoms with Gasteiger partial charge < -0.3 is 9.80 Å². The molecular weight excluding hydrogens is 280 g/mol. The Morgan fingerprint density at radius 2 is 0.957 bits per heavy atom. The molecule has 142 valence electrons. The van der Waals surface area contributed by atoms with Crippen LogP contribution in [0.4, 0.5) is 0 Å². The average Bonchev–Trinajstić information content (AvgIpc) is 2.89. The first-order valence-corrected chi connectivity index (χ1v) is 10.8. The molecule has 0 radical (unpaired) electrons. The van der Waals surface area contributed by atoms with E-state index in [4.69, 9.17) is 0 Å². The van der Waals surface area contributed by atoms with Gasteiger partial charge >= 0.3 is 0 Å². The summed E-state index contributed by atoms with van der Waals surface area (Å²) >= 11 is 0. The van der Waals surface area contributed by atoms with Crippen LogP contribution in [0.5, 0.6) is 0 Å². The molecule has 2 nitrogen and oxygen atoms in total. The minimum atomic E-state index is 0.913. The zero-order valence-corrected chi connectivity index (χ0v) is 18.0. The minimum Gasteiger partial charge on any atom is -0.300 e. The predicted molar refractivity (Wildman–Crippen MR) is 108 cm³/mol. The smallest absolute Gasteiger partial charge is 0.0125 e. The van der Waals surface area contributed by atoms with Gasteiger partial charge in [0.1, 0.15) is 0 Å². The highest BCUT2D eigenvalue weighted by Gasteiger charge is 2.40. The third-order valence-corrected chi connectivity index (χ3v) is 4.98. The second-order valence-electron chi connectivity index (χ2n) is 5.77. The van der Waals surface area contributed by atoms with E-state index < -0.39 is 0 Å². The van der Waals surface area contributed by atoms with Crippen molar-refractivity contribution in [3.63, 3.8) is 0 Å². The maximum atomic E-state index is 2.79. The lowest BCUT2D eigenvalue weighted by atomic mass is 9.95. The molecule has 23 heavy (non-hydrogen) atoms. The minimum absolute atomic E-state index is 0.913. The van der Waals surface area contributed by atoms with Gasteiger partial charge in [0.2, 0.25) is 0 Å². The van der Waals surface area contributed by atoms with Crippen LogP contribution in [0, 0.1) is 0 Å². The topological polar surface area (TPSA) is 6.48 Å². The molecule has 3 rings (SSSR count). The van der Waals surface area contributed by atoms with Gasteiger partial charge in [-0.1, -0.05) is 61.8 Å². The fraction of sp³-hybridized carbons (Fsp3) is 1.00. The van der Waals surface area contributed by atoms with Crippen LogP contribution in [0.1, 0.15) is 100 Å². The van der Waals surface area contributed by atoms with Crippen molar-refractivity contribution in [3.05, 3.63) is 0 Å². The lowest BCUT2D eigenvalue weighted by molar-refractivity contribution is 0.0639. The summed E-state index contributed by atoms with van der Waals surface area (Å²) in [4.78, 5) is 5.45. The molecule has 0 aromatic heterocycles. The van der Waals surface area contributed by atoms with E-state index in [1.807, 2.05) is 55.4 Å². The van der Waals surface area contributed by atoms with Gasteiger partial charge in [-0.15, -0.1) is 0 Å². The summed E-state index contributed by atoms with van der Waals surface area (Å²) in [5, 5.41) is 0. The predicted octanol–water partition coefficient (Wildman–Crippen LogP) is 6.20. The summed E-state index contributed by atoms with van der Waals surface area (Å²) in [5.41, 5.74) is 0. The van der Waals surface area contributed by atoms with Crippen LogP contribution in [0.2, 0.25) is 0 Å². The molecule has 0 aliphatic carbocycles. The van der Waals surface area contributed by atoms with E-state index in [-0.39, 0.29) is 0 Å². The van der Waals surface area contributed by atoms with Crippen molar-refractivity contribution < 1.29 is 0 Å². The Kier molecular flexibility index (Phi) is 18.3. The highest BCUT2D eigenvalue weighted by molar-refractivity contribution is 4.97. The third kappa shape index (κ3) is 8.03. The van der Waals surface area contributed by atoms with Crippen LogP contribution < -0.4 is 0 Å². The van der Waals surface area contributed by atoms with Crippen LogP contribution in [-0.4, -0.2) is 48.1 Å². The number of rotatable bonds is 1. The maximum Gasteiger partial charge on any atom is 0.0125 e. The lowest BCUT2D eigenvalue weighted by Gasteiger charge is -2.43. The zero-order valence-electron chi connectivity index (χ0n) is 18.0. The van der Waals surface area contributed by atoms with Crippen LogP contribution >= 0.6 is 0 Å². The Morgan fingerprint density at radius 3 is 1.35 bits per heavy atom. The number of hydrogen-bond acceptors (Lipinski definition) is 2. The van der Waals surface area contributed by atoms with Crippen LogP contribution in [-0.2, 0) is 0 Å². The first kappa shape index (κ1) is 25.2. The van der Waals surface area contributed by atoms with Gasteiger partial charge in [0.15, 0.2) is 0 Å². The Morgan fingerprint density at radius 1 is 0.565 bits per heavy atom. The SMILES string of the molecule is CC.CC.CC.CC.CN1C2CCC1CC(N1CCCCC1)C2. The molecule has 3 heterocycles. The normalized spacial score (nSPS) is 29.3. The summed E-state index contributed by atoms with van der Waals surface area (Å²) < 4.78 is 0. The van der Waals surface area contributed by atoms with Crippen molar-refractivity contribution >= 4 is 0 Å². The Bertz CT molecular complexity index is 210. The molecular formula is C21H48N2. The fourth-order valence-electron chi connectivity index (χ4n) is 3.96. The molecule has 0 spiro atoms. The first-order valence-electron chi connectivity index (χ1n) is 10.8. The van der Waals surface area contributed by atoms with Gasteiger partial charge in [-0.05, 0) is 58.7 Å². The monoisotopic (exact) mass is 328 g/mol. The third-order valence-electron chi connectivity index (χ3n) is 4.98. The zero-order chi connectivity index (χ0) is 18.3. The molecule has 3 aliphatic rings. The fourth-order valence-corrected chi connectivity index (χ4v) is 3.96. The van der Waals surface area contributed by atoms with Crippen LogP contribution in [0.25, 0.3) is 0 Å². The van der Waals surface area contributed by atoms with Crippen molar-refractivity contribution in [2.24, 2.45) is 0 Å². The number of fused-ring (bicyclic) bond motifs is 2. The molecule has 0 N–H and O–H groups in total. The molecule has 0 saturated carbocycles. The standard InChI is InChI=1S/C13H24N2.4C2H6/c1-14-11-5-6-12(14)10-13(9-11)15-7-3-2-4-8-15;4*1-2/h11-13H,2-10H2,1H3;4*1-2H3. The summed E-state index contributed by atoms with van der Waals surface area (Å²) in [7, 11) is 2.34. The number of hydrogen-bond donors (Lipinski definition) is 0. The van der Waals surface area contributed by atoms with E-state index in [1.165, 1.54) is 58.0 Å². The molecule has 3 saturated heterocycles. The van der Waals surface area contributed by atoms with E-state index in [9.17, 15) is 0 Å². The van der Waals surface area contributed by atoms with Crippen molar-refractivity contribution in [1.29, 1.82) is 0 Å². The number of likely N-dealkylation sites (tertiary alicyclic amines) is 1. The average molecular weight is 329 g/mol. The molecule has 0 aromatic carbocycles. The summed E-state index contributed by atoms with van der Waals surface area (Å²) in [5.74, 6) is 0. The van der Waals surface area contributed by atoms with Gasteiger partial charge in [0.25, 0.3) is 0 Å². The van der Waals surface area contributed by atoms with Crippen LogP contribution in [0.15, 0.2) is 0 Å². The second-order valence-corrected chi connectivity index (χ2v) is 5.77. The summed E-state index contributed by atoms with van der Waals surface area (Å²) in [6.45, 7) is 18.8. The molecule has 3 aliphatic heterocycles. The van der Waals surface area contributed by atoms with Gasteiger partial charge in [-0.3, -0.25) is 0 Å². The maximum absolute atomic E-state index is 2.79. The van der Waals surface area contributed by atoms with Gasteiger partial charge in [-0.2, -0.15) is 0 Å². The number of piperidine rings is 2. The quantitative estimate of drug-likeness (QED) is 0.565. The van der Waals surface area contributed by atoms with Gasteiger partial charge in [0, 0.05) is 18.1 Å². The van der Waals surface area contributed by atoms with Crippen molar-refractivity contribution in [2.75, 3.05) is 20.1 Å². The molecule has 2 bridgehead atoms. The van der Waals surface area contributed by atoms with E-state index in [0.717, 1.165) is 18.1 Å². The van der Waals surface area contributed by atoms with E-state index in [2.05, 4.69) is 16.8 Å². The van der Waals surface area contributed by atoms with Crippen molar-refractivity contribution in [3.8, 4) is 0 Å². The Hall–Kier alpha value is -0.0800. The van der Waals surface area contributed by atoms with E-state index in [0.29, 0.717) is 0 Å². The van der Waals surface area contributed by atoms with E-state index >= 15 is 0 Å². The molecule has 2 atom stereocenters. The lowest BCUT2D eigenvalue weighted by Crippen LogP contribution is -2.50. The van der Waals surface area contributed by atoms with Crippen molar-refractivity contribution in [1.82, 2.24) is 9.80 Å². The van der Waals surface area contributed by atoms with Gasteiger partial charge in [-0.25, -0.2) is 0 Å². The molecule has 0 amide bonds. The Labute approximate surface area is 149 Å².